The predicted molar refractivity (Wildman–Crippen MR) is 77.8 cm³/mol. The first kappa shape index (κ1) is 13.3. The van der Waals surface area contributed by atoms with Crippen molar-refractivity contribution in [2.45, 2.75) is 31.1 Å². The molecule has 0 aliphatic heterocycles. The van der Waals surface area contributed by atoms with Crippen LogP contribution in [0.25, 0.3) is 0 Å². The van der Waals surface area contributed by atoms with E-state index in [0.29, 0.717) is 12.2 Å². The van der Waals surface area contributed by atoms with E-state index < -0.39 is 0 Å². The van der Waals surface area contributed by atoms with Crippen molar-refractivity contribution >= 4 is 17.2 Å². The molecule has 3 rings (SSSR count). The third-order valence-electron chi connectivity index (χ3n) is 4.12. The topological polar surface area (TPSA) is 59.8 Å². The summed E-state index contributed by atoms with van der Waals surface area (Å²) in [5.74, 6) is -0.139. The van der Waals surface area contributed by atoms with Gasteiger partial charge in [0.1, 0.15) is 0 Å². The van der Waals surface area contributed by atoms with Gasteiger partial charge in [0.25, 0.3) is 5.91 Å². The van der Waals surface area contributed by atoms with Crippen LogP contribution in [0.15, 0.2) is 23.0 Å². The summed E-state index contributed by atoms with van der Waals surface area (Å²) in [5.41, 5.74) is 1.85. The maximum Gasteiger partial charge on any atom is 0.273 e. The van der Waals surface area contributed by atoms with Crippen molar-refractivity contribution in [3.63, 3.8) is 0 Å². The minimum absolute atomic E-state index is 0.109. The van der Waals surface area contributed by atoms with Crippen LogP contribution in [0.2, 0.25) is 0 Å². The Morgan fingerprint density at radius 2 is 2.30 bits per heavy atom. The van der Waals surface area contributed by atoms with Crippen LogP contribution in [-0.2, 0) is 12.5 Å². The first-order valence-corrected chi connectivity index (χ1v) is 7.81. The van der Waals surface area contributed by atoms with Crippen molar-refractivity contribution < 1.29 is 4.79 Å². The fourth-order valence-electron chi connectivity index (χ4n) is 2.98. The van der Waals surface area contributed by atoms with Gasteiger partial charge >= 0.3 is 0 Å². The van der Waals surface area contributed by atoms with Crippen molar-refractivity contribution in [2.75, 3.05) is 6.54 Å². The smallest absolute Gasteiger partial charge is 0.273 e. The summed E-state index contributed by atoms with van der Waals surface area (Å²) in [5, 5.41) is 15.0. The van der Waals surface area contributed by atoms with E-state index >= 15 is 0 Å². The zero-order valence-corrected chi connectivity index (χ0v) is 12.3. The molecule has 0 unspecified atom stereocenters. The number of carbonyl (C=O) groups is 1. The number of hydrogen-bond acceptors (Lipinski definition) is 4. The summed E-state index contributed by atoms with van der Waals surface area (Å²) in [6.07, 6.45) is 6.39. The summed E-state index contributed by atoms with van der Waals surface area (Å²) in [6.45, 7) is 0.680. The third-order valence-corrected chi connectivity index (χ3v) is 4.80. The molecule has 0 radical (unpaired) electrons. The maximum absolute atomic E-state index is 12.1. The summed E-state index contributed by atoms with van der Waals surface area (Å²) in [6, 6.07) is 2.18. The predicted octanol–water partition coefficient (Wildman–Crippen LogP) is 2.12. The molecule has 2 aromatic rings. The third kappa shape index (κ3) is 2.47. The Bertz CT molecular complexity index is 584. The number of hydrogen-bond donors (Lipinski definition) is 1. The molecular weight excluding hydrogens is 272 g/mol. The minimum Gasteiger partial charge on any atom is -0.350 e. The van der Waals surface area contributed by atoms with E-state index in [0.717, 1.165) is 12.8 Å². The van der Waals surface area contributed by atoms with Crippen LogP contribution in [0.1, 0.15) is 41.7 Å². The summed E-state index contributed by atoms with van der Waals surface area (Å²) in [4.78, 5) is 12.1. The van der Waals surface area contributed by atoms with E-state index in [9.17, 15) is 4.79 Å². The molecule has 1 fully saturated rings. The van der Waals surface area contributed by atoms with Gasteiger partial charge in [-0.3, -0.25) is 9.48 Å². The van der Waals surface area contributed by atoms with E-state index in [1.54, 1.807) is 29.3 Å². The summed E-state index contributed by atoms with van der Waals surface area (Å²) in [7, 11) is 1.76. The van der Waals surface area contributed by atoms with E-state index in [-0.39, 0.29) is 11.3 Å². The van der Waals surface area contributed by atoms with Gasteiger partial charge in [-0.1, -0.05) is 18.1 Å². The molecule has 1 aliphatic rings. The molecule has 1 saturated carbocycles. The first-order chi connectivity index (χ1) is 9.70. The number of amides is 1. The van der Waals surface area contributed by atoms with Crippen LogP contribution in [-0.4, -0.2) is 27.4 Å². The van der Waals surface area contributed by atoms with Gasteiger partial charge in [-0.2, -0.15) is 11.3 Å². The van der Waals surface area contributed by atoms with Crippen molar-refractivity contribution in [3.8, 4) is 0 Å². The standard InChI is InChI=1S/C14H18N4OS/c1-18-8-12(16-17-18)13(19)15-10-14(5-2-3-6-14)11-4-7-20-9-11/h4,7-9H,2-3,5-6,10H2,1H3,(H,15,19). The maximum atomic E-state index is 12.1. The van der Waals surface area contributed by atoms with Gasteiger partial charge in [0, 0.05) is 19.0 Å². The molecular formula is C14H18N4OS. The lowest BCUT2D eigenvalue weighted by atomic mass is 9.80. The molecule has 0 bridgehead atoms. The lowest BCUT2D eigenvalue weighted by Crippen LogP contribution is -2.38. The van der Waals surface area contributed by atoms with Gasteiger partial charge < -0.3 is 5.32 Å². The van der Waals surface area contributed by atoms with E-state index in [2.05, 4.69) is 32.5 Å². The number of thiophene rings is 1. The highest BCUT2D eigenvalue weighted by atomic mass is 32.1. The lowest BCUT2D eigenvalue weighted by Gasteiger charge is -2.28. The SMILES string of the molecule is Cn1cc(C(=O)NCC2(c3ccsc3)CCCC2)nn1. The molecule has 2 heterocycles. The normalized spacial score (nSPS) is 17.2. The van der Waals surface area contributed by atoms with Crippen LogP contribution in [0, 0.1) is 0 Å². The Morgan fingerprint density at radius 3 is 2.90 bits per heavy atom. The molecule has 2 aromatic heterocycles. The quantitative estimate of drug-likeness (QED) is 0.938. The monoisotopic (exact) mass is 290 g/mol. The Labute approximate surface area is 122 Å². The average Bonchev–Trinajstić information content (AvgIpc) is 3.17. The molecule has 0 aromatic carbocycles. The number of nitrogens with one attached hydrogen (secondary N) is 1. The van der Waals surface area contributed by atoms with E-state index in [1.807, 2.05) is 0 Å². The summed E-state index contributed by atoms with van der Waals surface area (Å²) >= 11 is 1.72. The Balaban J connectivity index is 1.71. The zero-order valence-electron chi connectivity index (χ0n) is 11.5. The lowest BCUT2D eigenvalue weighted by molar-refractivity contribution is 0.0938. The molecule has 0 atom stereocenters. The highest BCUT2D eigenvalue weighted by Crippen LogP contribution is 2.41. The van der Waals surface area contributed by atoms with Crippen molar-refractivity contribution in [2.24, 2.45) is 7.05 Å². The minimum atomic E-state index is -0.139. The molecule has 5 nitrogen and oxygen atoms in total. The second-order valence-electron chi connectivity index (χ2n) is 5.46. The van der Waals surface area contributed by atoms with Crippen molar-refractivity contribution in [1.82, 2.24) is 20.3 Å². The van der Waals surface area contributed by atoms with Crippen LogP contribution in [0.3, 0.4) is 0 Å². The van der Waals surface area contributed by atoms with Crippen LogP contribution < -0.4 is 5.32 Å². The molecule has 1 N–H and O–H groups in total. The Morgan fingerprint density at radius 1 is 1.50 bits per heavy atom. The first-order valence-electron chi connectivity index (χ1n) is 6.87. The highest BCUT2D eigenvalue weighted by Gasteiger charge is 2.36. The molecule has 20 heavy (non-hydrogen) atoms. The van der Waals surface area contributed by atoms with Gasteiger partial charge in [-0.05, 0) is 35.2 Å². The molecule has 1 aliphatic carbocycles. The number of carbonyl (C=O) groups excluding carboxylic acids is 1. The van der Waals surface area contributed by atoms with Crippen LogP contribution in [0.4, 0.5) is 0 Å². The molecule has 1 amide bonds. The number of aromatic nitrogens is 3. The second-order valence-corrected chi connectivity index (χ2v) is 6.24. The largest absolute Gasteiger partial charge is 0.350 e. The van der Waals surface area contributed by atoms with Crippen molar-refractivity contribution in [1.29, 1.82) is 0 Å². The average molecular weight is 290 g/mol. The van der Waals surface area contributed by atoms with E-state index in [4.69, 9.17) is 0 Å². The van der Waals surface area contributed by atoms with Gasteiger partial charge in [-0.15, -0.1) is 5.10 Å². The Kier molecular flexibility index (Phi) is 3.56. The molecule has 6 heteroatoms. The number of nitrogens with zero attached hydrogens (tertiary/aromatic N) is 3. The van der Waals surface area contributed by atoms with E-state index in [1.165, 1.54) is 18.4 Å². The van der Waals surface area contributed by atoms with Gasteiger partial charge in [0.05, 0.1) is 6.20 Å². The zero-order chi connectivity index (χ0) is 14.0. The number of aryl methyl sites for hydroxylation is 1. The van der Waals surface area contributed by atoms with Crippen LogP contribution >= 0.6 is 11.3 Å². The molecule has 0 saturated heterocycles. The molecule has 0 spiro atoms. The Hall–Kier alpha value is -1.69. The van der Waals surface area contributed by atoms with Gasteiger partial charge in [0.2, 0.25) is 0 Å². The summed E-state index contributed by atoms with van der Waals surface area (Å²) < 4.78 is 1.54. The fourth-order valence-corrected chi connectivity index (χ4v) is 3.76. The molecule has 106 valence electrons. The van der Waals surface area contributed by atoms with Crippen LogP contribution in [0.5, 0.6) is 0 Å². The highest BCUT2D eigenvalue weighted by molar-refractivity contribution is 7.08. The number of rotatable bonds is 4. The van der Waals surface area contributed by atoms with Gasteiger partial charge in [0.15, 0.2) is 5.69 Å². The van der Waals surface area contributed by atoms with Gasteiger partial charge in [-0.25, -0.2) is 0 Å². The fraction of sp³-hybridized carbons (Fsp3) is 0.500. The van der Waals surface area contributed by atoms with Crippen molar-refractivity contribution in [3.05, 3.63) is 34.3 Å². The second kappa shape index (κ2) is 5.36.